The molecule has 1 unspecified atom stereocenters. The van der Waals surface area contributed by atoms with E-state index in [0.717, 1.165) is 6.92 Å². The van der Waals surface area contributed by atoms with E-state index in [1.807, 2.05) is 0 Å². The number of carbonyl (C=O) groups is 1. The van der Waals surface area contributed by atoms with E-state index in [0.29, 0.717) is 4.90 Å². The topological polar surface area (TPSA) is 29.5 Å². The van der Waals surface area contributed by atoms with Gasteiger partial charge in [0.25, 0.3) is 5.91 Å². The predicted molar refractivity (Wildman–Crippen MR) is 58.9 cm³/mol. The lowest BCUT2D eigenvalue weighted by Gasteiger charge is -2.28. The summed E-state index contributed by atoms with van der Waals surface area (Å²) >= 11 is 0. The molecule has 120 valence electrons. The monoisotopic (exact) mass is 309 g/mol. The van der Waals surface area contributed by atoms with E-state index in [9.17, 15) is 31.1 Å². The Morgan fingerprint density at radius 1 is 1.05 bits per heavy atom. The summed E-state index contributed by atoms with van der Waals surface area (Å²) < 4.78 is 77.1. The molecule has 0 heterocycles. The van der Waals surface area contributed by atoms with Gasteiger partial charge in [-0.05, 0) is 12.8 Å². The number of hydrogen-bond acceptors (Lipinski definition) is 2. The van der Waals surface area contributed by atoms with Gasteiger partial charge in [-0.25, -0.2) is 0 Å². The van der Waals surface area contributed by atoms with Crippen molar-refractivity contribution < 1.29 is 35.9 Å². The van der Waals surface area contributed by atoms with Crippen molar-refractivity contribution in [1.82, 2.24) is 4.90 Å². The fraction of sp³-hybridized carbons (Fsp3) is 0.909. The average molecular weight is 309 g/mol. The van der Waals surface area contributed by atoms with Crippen molar-refractivity contribution in [1.29, 1.82) is 0 Å². The lowest BCUT2D eigenvalue weighted by Crippen LogP contribution is -2.46. The van der Waals surface area contributed by atoms with Gasteiger partial charge in [0.05, 0.1) is 0 Å². The van der Waals surface area contributed by atoms with Crippen molar-refractivity contribution in [2.24, 2.45) is 5.92 Å². The molecule has 1 amide bonds. The van der Waals surface area contributed by atoms with Crippen LogP contribution in [-0.2, 0) is 9.53 Å². The number of rotatable bonds is 6. The largest absolute Gasteiger partial charge is 0.411 e. The minimum Gasteiger partial charge on any atom is -0.359 e. The maximum Gasteiger partial charge on any atom is 0.411 e. The van der Waals surface area contributed by atoms with Crippen molar-refractivity contribution in [3.8, 4) is 0 Å². The molecule has 0 N–H and O–H groups in total. The van der Waals surface area contributed by atoms with Crippen molar-refractivity contribution in [3.63, 3.8) is 0 Å². The van der Waals surface area contributed by atoms with Crippen LogP contribution in [0.1, 0.15) is 20.8 Å². The van der Waals surface area contributed by atoms with Crippen LogP contribution in [0.4, 0.5) is 26.3 Å². The first kappa shape index (κ1) is 19.0. The molecule has 0 aromatic carbocycles. The smallest absolute Gasteiger partial charge is 0.359 e. The highest BCUT2D eigenvalue weighted by atomic mass is 19.4. The van der Waals surface area contributed by atoms with Crippen molar-refractivity contribution >= 4 is 5.91 Å². The van der Waals surface area contributed by atoms with E-state index in [-0.39, 0.29) is 12.5 Å². The minimum absolute atomic E-state index is 0.210. The second kappa shape index (κ2) is 7.14. The molecule has 3 nitrogen and oxygen atoms in total. The molecule has 0 aromatic heterocycles. The molecule has 9 heteroatoms. The third kappa shape index (κ3) is 9.00. The Morgan fingerprint density at radius 3 is 1.90 bits per heavy atom. The maximum atomic E-state index is 12.3. The quantitative estimate of drug-likeness (QED) is 0.706. The normalized spacial score (nSPS) is 14.5. The first-order valence-electron chi connectivity index (χ1n) is 5.85. The molecule has 0 aliphatic carbocycles. The third-order valence-corrected chi connectivity index (χ3v) is 2.11. The number of halogens is 6. The summed E-state index contributed by atoms with van der Waals surface area (Å²) in [5, 5.41) is 0. The Balaban J connectivity index is 4.68. The average Bonchev–Trinajstić information content (AvgIpc) is 2.20. The van der Waals surface area contributed by atoms with Gasteiger partial charge >= 0.3 is 12.4 Å². The SMILES string of the molecule is CC(C)CN(CC(F)(F)F)C(=O)C(C)OCC(F)(F)F. The first-order valence-corrected chi connectivity index (χ1v) is 5.85. The maximum absolute atomic E-state index is 12.3. The van der Waals surface area contributed by atoms with E-state index < -0.39 is 37.5 Å². The Morgan fingerprint density at radius 2 is 1.55 bits per heavy atom. The summed E-state index contributed by atoms with van der Waals surface area (Å²) in [5.41, 5.74) is 0. The third-order valence-electron chi connectivity index (χ3n) is 2.11. The van der Waals surface area contributed by atoms with E-state index >= 15 is 0 Å². The van der Waals surface area contributed by atoms with Gasteiger partial charge in [0.1, 0.15) is 19.3 Å². The van der Waals surface area contributed by atoms with E-state index in [4.69, 9.17) is 0 Å². The number of amides is 1. The van der Waals surface area contributed by atoms with Crippen LogP contribution in [-0.4, -0.2) is 49.0 Å². The summed E-state index contributed by atoms with van der Waals surface area (Å²) in [6.45, 7) is 0.788. The van der Waals surface area contributed by atoms with Crippen molar-refractivity contribution in [2.45, 2.75) is 39.2 Å². The van der Waals surface area contributed by atoms with Crippen LogP contribution in [0.5, 0.6) is 0 Å². The van der Waals surface area contributed by atoms with Gasteiger partial charge in [-0.15, -0.1) is 0 Å². The molecule has 0 rings (SSSR count). The first-order chi connectivity index (χ1) is 8.82. The molecule has 0 fully saturated rings. The summed E-state index contributed by atoms with van der Waals surface area (Å²) in [6, 6.07) is 0. The molecule has 0 aliphatic heterocycles. The lowest BCUT2D eigenvalue weighted by atomic mass is 10.2. The van der Waals surface area contributed by atoms with Gasteiger partial charge in [-0.2, -0.15) is 26.3 Å². The second-order valence-electron chi connectivity index (χ2n) is 4.80. The van der Waals surface area contributed by atoms with Crippen LogP contribution in [0.15, 0.2) is 0 Å². The van der Waals surface area contributed by atoms with Gasteiger partial charge < -0.3 is 9.64 Å². The molecule has 0 saturated carbocycles. The van der Waals surface area contributed by atoms with Crippen LogP contribution < -0.4 is 0 Å². The van der Waals surface area contributed by atoms with Gasteiger partial charge in [0.15, 0.2) is 0 Å². The summed E-state index contributed by atoms with van der Waals surface area (Å²) in [4.78, 5) is 12.2. The van der Waals surface area contributed by atoms with E-state index in [1.165, 1.54) is 0 Å². The minimum atomic E-state index is -4.64. The molecule has 0 aromatic rings. The molecule has 20 heavy (non-hydrogen) atoms. The summed E-state index contributed by atoms with van der Waals surface area (Å²) in [7, 11) is 0. The Labute approximate surface area is 112 Å². The van der Waals surface area contributed by atoms with Crippen LogP contribution in [0, 0.1) is 5.92 Å². The van der Waals surface area contributed by atoms with Gasteiger partial charge in [-0.1, -0.05) is 13.8 Å². The molecule has 0 spiro atoms. The summed E-state index contributed by atoms with van der Waals surface area (Å²) in [5.74, 6) is -1.36. The van der Waals surface area contributed by atoms with E-state index in [1.54, 1.807) is 13.8 Å². The Hall–Kier alpha value is -0.990. The van der Waals surface area contributed by atoms with E-state index in [2.05, 4.69) is 4.74 Å². The highest BCUT2D eigenvalue weighted by Gasteiger charge is 2.36. The zero-order valence-electron chi connectivity index (χ0n) is 11.3. The molecule has 0 bridgehead atoms. The number of nitrogens with zero attached hydrogens (tertiary/aromatic N) is 1. The van der Waals surface area contributed by atoms with Crippen molar-refractivity contribution in [2.75, 3.05) is 19.7 Å². The number of alkyl halides is 6. The van der Waals surface area contributed by atoms with Crippen LogP contribution >= 0.6 is 0 Å². The second-order valence-corrected chi connectivity index (χ2v) is 4.80. The fourth-order valence-electron chi connectivity index (χ4n) is 1.44. The molecule has 0 radical (unpaired) electrons. The predicted octanol–water partition coefficient (Wildman–Crippen LogP) is 3.00. The number of carbonyl (C=O) groups excluding carboxylic acids is 1. The molecule has 0 aliphatic rings. The van der Waals surface area contributed by atoms with Gasteiger partial charge in [-0.3, -0.25) is 4.79 Å². The highest BCUT2D eigenvalue weighted by Crippen LogP contribution is 2.20. The fourth-order valence-corrected chi connectivity index (χ4v) is 1.44. The van der Waals surface area contributed by atoms with Gasteiger partial charge in [0, 0.05) is 6.54 Å². The van der Waals surface area contributed by atoms with Crippen LogP contribution in [0.3, 0.4) is 0 Å². The highest BCUT2D eigenvalue weighted by molar-refractivity contribution is 5.80. The zero-order chi connectivity index (χ0) is 16.1. The Kier molecular flexibility index (Phi) is 6.79. The van der Waals surface area contributed by atoms with Gasteiger partial charge in [0.2, 0.25) is 0 Å². The summed E-state index contributed by atoms with van der Waals surface area (Å²) in [6.07, 6.45) is -10.8. The number of ether oxygens (including phenoxy) is 1. The van der Waals surface area contributed by atoms with Crippen LogP contribution in [0.2, 0.25) is 0 Å². The molecular formula is C11H17F6NO2. The van der Waals surface area contributed by atoms with Crippen LogP contribution in [0.25, 0.3) is 0 Å². The molecule has 1 atom stereocenters. The zero-order valence-corrected chi connectivity index (χ0v) is 11.3. The number of hydrogen-bond donors (Lipinski definition) is 0. The lowest BCUT2D eigenvalue weighted by molar-refractivity contribution is -0.193. The Bertz CT molecular complexity index is 313. The standard InChI is InChI=1S/C11H17F6NO2/c1-7(2)4-18(5-10(12,13)14)9(19)8(3)20-6-11(15,16)17/h7-8H,4-6H2,1-3H3. The molecular weight excluding hydrogens is 292 g/mol. The molecule has 0 saturated heterocycles. The van der Waals surface area contributed by atoms with Crippen molar-refractivity contribution in [3.05, 3.63) is 0 Å².